The second kappa shape index (κ2) is 3.18. The monoisotopic (exact) mass is 140 g/mol. The van der Waals surface area contributed by atoms with Gasteiger partial charge in [-0.05, 0) is 11.8 Å². The van der Waals surface area contributed by atoms with E-state index in [-0.39, 0.29) is 0 Å². The molecule has 58 valence electrons. The van der Waals surface area contributed by atoms with Gasteiger partial charge >= 0.3 is 0 Å². The molecule has 0 N–H and O–H groups in total. The van der Waals surface area contributed by atoms with Gasteiger partial charge < -0.3 is 0 Å². The summed E-state index contributed by atoms with van der Waals surface area (Å²) in [5, 5.41) is 0. The zero-order valence-electron chi connectivity index (χ0n) is 6.89. The van der Waals surface area contributed by atoms with Gasteiger partial charge in [0.1, 0.15) is 5.78 Å². The van der Waals surface area contributed by atoms with Crippen molar-refractivity contribution in [2.75, 3.05) is 0 Å². The Bertz CT molecular complexity index is 129. The van der Waals surface area contributed by atoms with Crippen LogP contribution in [0.15, 0.2) is 0 Å². The predicted octanol–water partition coefficient (Wildman–Crippen LogP) is 2.40. The summed E-state index contributed by atoms with van der Waals surface area (Å²) in [7, 11) is 0. The lowest BCUT2D eigenvalue weighted by Crippen LogP contribution is -2.02. The summed E-state index contributed by atoms with van der Waals surface area (Å²) in [6, 6.07) is 0. The third kappa shape index (κ3) is 1.59. The number of rotatable bonds is 2. The van der Waals surface area contributed by atoms with Crippen LogP contribution in [0.2, 0.25) is 0 Å². The molecule has 0 heterocycles. The van der Waals surface area contributed by atoms with Crippen molar-refractivity contribution in [2.24, 2.45) is 11.8 Å². The first-order valence-corrected chi connectivity index (χ1v) is 4.25. The Labute approximate surface area is 62.8 Å². The molecule has 0 unspecified atom stereocenters. The summed E-state index contributed by atoms with van der Waals surface area (Å²) in [5.74, 6) is 1.84. The molecule has 1 aliphatic carbocycles. The minimum atomic E-state index is 0.478. The third-order valence-electron chi connectivity index (χ3n) is 2.50. The highest BCUT2D eigenvalue weighted by atomic mass is 16.1. The SMILES string of the molecule is CCC[C@@H]1CC(=O)C[C@H]1C. The Morgan fingerprint density at radius 2 is 2.20 bits per heavy atom. The minimum Gasteiger partial charge on any atom is -0.300 e. The Hall–Kier alpha value is -0.330. The molecule has 1 rings (SSSR count). The summed E-state index contributed by atoms with van der Waals surface area (Å²) in [5.41, 5.74) is 0. The van der Waals surface area contributed by atoms with E-state index >= 15 is 0 Å². The first-order valence-electron chi connectivity index (χ1n) is 4.25. The molecular formula is C9H16O. The first-order chi connectivity index (χ1) is 4.74. The van der Waals surface area contributed by atoms with E-state index in [1.807, 2.05) is 0 Å². The standard InChI is InChI=1S/C9H16O/c1-3-4-8-6-9(10)5-7(8)2/h7-8H,3-6H2,1-2H3/t7-,8-/m1/s1. The van der Waals surface area contributed by atoms with Crippen molar-refractivity contribution in [3.05, 3.63) is 0 Å². The number of hydrogen-bond acceptors (Lipinski definition) is 1. The van der Waals surface area contributed by atoms with Gasteiger partial charge in [0.25, 0.3) is 0 Å². The van der Waals surface area contributed by atoms with E-state index in [0.717, 1.165) is 12.8 Å². The maximum absolute atomic E-state index is 10.9. The Kier molecular flexibility index (Phi) is 2.47. The minimum absolute atomic E-state index is 0.478. The molecule has 2 atom stereocenters. The highest BCUT2D eigenvalue weighted by Crippen LogP contribution is 2.31. The van der Waals surface area contributed by atoms with Gasteiger partial charge in [0.05, 0.1) is 0 Å². The van der Waals surface area contributed by atoms with Gasteiger partial charge in [-0.1, -0.05) is 26.7 Å². The fourth-order valence-corrected chi connectivity index (χ4v) is 1.86. The van der Waals surface area contributed by atoms with Crippen LogP contribution in [0.3, 0.4) is 0 Å². The van der Waals surface area contributed by atoms with Crippen LogP contribution in [0, 0.1) is 11.8 Å². The number of carbonyl (C=O) groups excluding carboxylic acids is 1. The van der Waals surface area contributed by atoms with Crippen LogP contribution in [0.25, 0.3) is 0 Å². The molecule has 0 aromatic carbocycles. The van der Waals surface area contributed by atoms with Crippen LogP contribution < -0.4 is 0 Å². The fraction of sp³-hybridized carbons (Fsp3) is 0.889. The molecule has 0 saturated heterocycles. The Balaban J connectivity index is 2.38. The van der Waals surface area contributed by atoms with Gasteiger partial charge in [-0.2, -0.15) is 0 Å². The number of ketones is 1. The quantitative estimate of drug-likeness (QED) is 0.575. The average molecular weight is 140 g/mol. The smallest absolute Gasteiger partial charge is 0.133 e. The van der Waals surface area contributed by atoms with E-state index in [9.17, 15) is 4.79 Å². The zero-order chi connectivity index (χ0) is 7.56. The van der Waals surface area contributed by atoms with E-state index in [0.29, 0.717) is 17.6 Å². The number of Topliss-reactive ketones (excluding diaryl/α,β-unsaturated/α-hetero) is 1. The molecule has 0 aromatic heterocycles. The van der Waals surface area contributed by atoms with Gasteiger partial charge in [0.15, 0.2) is 0 Å². The second-order valence-electron chi connectivity index (χ2n) is 3.47. The van der Waals surface area contributed by atoms with Crippen molar-refractivity contribution < 1.29 is 4.79 Å². The van der Waals surface area contributed by atoms with Crippen LogP contribution in [0.1, 0.15) is 39.5 Å². The number of carbonyl (C=O) groups is 1. The van der Waals surface area contributed by atoms with Gasteiger partial charge in [-0.15, -0.1) is 0 Å². The second-order valence-corrected chi connectivity index (χ2v) is 3.47. The largest absolute Gasteiger partial charge is 0.300 e. The summed E-state index contributed by atoms with van der Waals surface area (Å²) < 4.78 is 0. The van der Waals surface area contributed by atoms with Crippen LogP contribution in [-0.4, -0.2) is 5.78 Å². The van der Waals surface area contributed by atoms with Crippen LogP contribution in [0.5, 0.6) is 0 Å². The number of hydrogen-bond donors (Lipinski definition) is 0. The maximum Gasteiger partial charge on any atom is 0.133 e. The lowest BCUT2D eigenvalue weighted by molar-refractivity contribution is -0.117. The molecule has 1 saturated carbocycles. The van der Waals surface area contributed by atoms with Crippen LogP contribution in [-0.2, 0) is 4.79 Å². The molecule has 0 aromatic rings. The molecule has 1 nitrogen and oxygen atoms in total. The lowest BCUT2D eigenvalue weighted by Gasteiger charge is -2.11. The average Bonchev–Trinajstić information content (AvgIpc) is 2.13. The molecule has 0 spiro atoms. The first kappa shape index (κ1) is 7.77. The van der Waals surface area contributed by atoms with Gasteiger partial charge in [-0.25, -0.2) is 0 Å². The predicted molar refractivity (Wildman–Crippen MR) is 41.8 cm³/mol. The lowest BCUT2D eigenvalue weighted by atomic mass is 9.94. The zero-order valence-corrected chi connectivity index (χ0v) is 6.89. The molecule has 0 bridgehead atoms. The Morgan fingerprint density at radius 3 is 2.60 bits per heavy atom. The summed E-state index contributed by atoms with van der Waals surface area (Å²) in [6.07, 6.45) is 4.16. The van der Waals surface area contributed by atoms with E-state index < -0.39 is 0 Å². The molecule has 0 aliphatic heterocycles. The van der Waals surface area contributed by atoms with E-state index in [4.69, 9.17) is 0 Å². The summed E-state index contributed by atoms with van der Waals surface area (Å²) >= 11 is 0. The van der Waals surface area contributed by atoms with E-state index in [1.54, 1.807) is 0 Å². The van der Waals surface area contributed by atoms with Gasteiger partial charge in [-0.3, -0.25) is 4.79 Å². The summed E-state index contributed by atoms with van der Waals surface area (Å²) in [6.45, 7) is 4.39. The van der Waals surface area contributed by atoms with Crippen LogP contribution in [0.4, 0.5) is 0 Å². The molecule has 0 radical (unpaired) electrons. The van der Waals surface area contributed by atoms with E-state index in [2.05, 4.69) is 13.8 Å². The molecule has 1 aliphatic rings. The highest BCUT2D eigenvalue weighted by Gasteiger charge is 2.28. The van der Waals surface area contributed by atoms with Crippen molar-refractivity contribution in [1.29, 1.82) is 0 Å². The normalized spacial score (nSPS) is 33.2. The van der Waals surface area contributed by atoms with Crippen molar-refractivity contribution in [3.8, 4) is 0 Å². The Morgan fingerprint density at radius 1 is 1.50 bits per heavy atom. The molecular weight excluding hydrogens is 124 g/mol. The maximum atomic E-state index is 10.9. The van der Waals surface area contributed by atoms with Crippen molar-refractivity contribution >= 4 is 5.78 Å². The molecule has 0 amide bonds. The van der Waals surface area contributed by atoms with Crippen LogP contribution >= 0.6 is 0 Å². The molecule has 1 heteroatoms. The summed E-state index contributed by atoms with van der Waals surface area (Å²) in [4.78, 5) is 10.9. The highest BCUT2D eigenvalue weighted by molar-refractivity contribution is 5.81. The van der Waals surface area contributed by atoms with E-state index in [1.165, 1.54) is 12.8 Å². The third-order valence-corrected chi connectivity index (χ3v) is 2.50. The van der Waals surface area contributed by atoms with Crippen molar-refractivity contribution in [1.82, 2.24) is 0 Å². The fourth-order valence-electron chi connectivity index (χ4n) is 1.86. The van der Waals surface area contributed by atoms with Gasteiger partial charge in [0.2, 0.25) is 0 Å². The molecule has 1 fully saturated rings. The molecule has 10 heavy (non-hydrogen) atoms. The topological polar surface area (TPSA) is 17.1 Å². The van der Waals surface area contributed by atoms with Crippen molar-refractivity contribution in [3.63, 3.8) is 0 Å². The van der Waals surface area contributed by atoms with Gasteiger partial charge in [0, 0.05) is 12.8 Å². The van der Waals surface area contributed by atoms with Crippen molar-refractivity contribution in [2.45, 2.75) is 39.5 Å².